The molecule has 1 N–H and O–H groups in total. The number of nitrogens with one attached hydrogen (secondary N) is 1. The number of rotatable bonds is 4. The van der Waals surface area contributed by atoms with Crippen LogP contribution in [0, 0.1) is 5.82 Å². The lowest BCUT2D eigenvalue weighted by molar-refractivity contribution is -0.110. The molecule has 3 heterocycles. The normalized spacial score (nSPS) is 20.5. The van der Waals surface area contributed by atoms with Crippen molar-refractivity contribution in [2.24, 2.45) is 0 Å². The fourth-order valence-corrected chi connectivity index (χ4v) is 4.32. The SMILES string of the molecule is CCCN(c1ccc2c(c1)COC2=C1C(=O)Nc2ccc(F)cc21)N1CCOCC1. The van der Waals surface area contributed by atoms with Gasteiger partial charge in [0.2, 0.25) is 0 Å². The molecule has 5 rings (SSSR count). The van der Waals surface area contributed by atoms with Crippen LogP contribution in [-0.2, 0) is 20.9 Å². The summed E-state index contributed by atoms with van der Waals surface area (Å²) in [5, 5.41) is 7.43. The van der Waals surface area contributed by atoms with Gasteiger partial charge in [0.25, 0.3) is 5.91 Å². The monoisotopic (exact) mass is 409 g/mol. The minimum Gasteiger partial charge on any atom is -0.487 e. The molecule has 2 aromatic carbocycles. The standard InChI is InChI=1S/C23H24FN3O3/c1-2-7-27(26-8-10-29-11-9-26)17-4-5-18-15(12-17)14-30-22(18)21-19-13-16(24)3-6-20(19)25-23(21)28/h3-6,12-13H,2,7-11,14H2,1H3,(H,25,28). The van der Waals surface area contributed by atoms with Gasteiger partial charge in [-0.15, -0.1) is 0 Å². The second kappa shape index (κ2) is 7.74. The van der Waals surface area contributed by atoms with Crippen LogP contribution in [0.3, 0.4) is 0 Å². The Morgan fingerprint density at radius 1 is 1.13 bits per heavy atom. The quantitative estimate of drug-likeness (QED) is 0.782. The van der Waals surface area contributed by atoms with Gasteiger partial charge in [0, 0.05) is 42.0 Å². The Kier molecular flexibility index (Phi) is 4.92. The average Bonchev–Trinajstić information content (AvgIpc) is 3.31. The van der Waals surface area contributed by atoms with Crippen molar-refractivity contribution < 1.29 is 18.7 Å². The molecule has 0 atom stereocenters. The predicted octanol–water partition coefficient (Wildman–Crippen LogP) is 3.64. The first-order valence-corrected chi connectivity index (χ1v) is 10.4. The number of hydrogen-bond donors (Lipinski definition) is 1. The highest BCUT2D eigenvalue weighted by Crippen LogP contribution is 2.42. The van der Waals surface area contributed by atoms with Crippen molar-refractivity contribution in [3.63, 3.8) is 0 Å². The molecular weight excluding hydrogens is 385 g/mol. The molecule has 1 saturated heterocycles. The highest BCUT2D eigenvalue weighted by Gasteiger charge is 2.33. The molecule has 0 bridgehead atoms. The van der Waals surface area contributed by atoms with Gasteiger partial charge in [0.05, 0.1) is 24.5 Å². The third-order valence-corrected chi connectivity index (χ3v) is 5.72. The van der Waals surface area contributed by atoms with Crippen molar-refractivity contribution in [3.05, 3.63) is 58.9 Å². The number of carbonyl (C=O) groups is 1. The summed E-state index contributed by atoms with van der Waals surface area (Å²) >= 11 is 0. The van der Waals surface area contributed by atoms with Gasteiger partial charge < -0.3 is 19.8 Å². The molecule has 3 aliphatic heterocycles. The molecule has 1 amide bonds. The van der Waals surface area contributed by atoms with Crippen LogP contribution in [0.15, 0.2) is 36.4 Å². The third kappa shape index (κ3) is 3.24. The molecule has 0 saturated carbocycles. The summed E-state index contributed by atoms with van der Waals surface area (Å²) in [5.74, 6) is -0.118. The van der Waals surface area contributed by atoms with Gasteiger partial charge in [0.1, 0.15) is 18.2 Å². The van der Waals surface area contributed by atoms with Crippen molar-refractivity contribution in [2.45, 2.75) is 20.0 Å². The molecule has 0 aromatic heterocycles. The lowest BCUT2D eigenvalue weighted by Crippen LogP contribution is -2.49. The molecule has 0 radical (unpaired) electrons. The molecule has 1 fully saturated rings. The first kappa shape index (κ1) is 19.1. The maximum Gasteiger partial charge on any atom is 0.260 e. The van der Waals surface area contributed by atoms with Gasteiger partial charge in [-0.05, 0) is 42.8 Å². The average molecular weight is 409 g/mol. The van der Waals surface area contributed by atoms with Gasteiger partial charge >= 0.3 is 0 Å². The molecular formula is C23H24FN3O3. The summed E-state index contributed by atoms with van der Waals surface area (Å²) in [6, 6.07) is 10.5. The zero-order valence-corrected chi connectivity index (χ0v) is 16.9. The van der Waals surface area contributed by atoms with Gasteiger partial charge in [-0.1, -0.05) is 6.92 Å². The number of anilines is 2. The number of halogens is 1. The van der Waals surface area contributed by atoms with Crippen LogP contribution in [0.4, 0.5) is 15.8 Å². The number of amides is 1. The molecule has 30 heavy (non-hydrogen) atoms. The predicted molar refractivity (Wildman–Crippen MR) is 113 cm³/mol. The lowest BCUT2D eigenvalue weighted by atomic mass is 10.00. The second-order valence-electron chi connectivity index (χ2n) is 7.67. The highest BCUT2D eigenvalue weighted by atomic mass is 19.1. The zero-order valence-electron chi connectivity index (χ0n) is 16.9. The number of ether oxygens (including phenoxy) is 2. The maximum absolute atomic E-state index is 13.8. The van der Waals surface area contributed by atoms with Crippen molar-refractivity contribution in [3.8, 4) is 0 Å². The van der Waals surface area contributed by atoms with E-state index in [1.807, 2.05) is 6.07 Å². The molecule has 6 nitrogen and oxygen atoms in total. The van der Waals surface area contributed by atoms with E-state index in [9.17, 15) is 9.18 Å². The summed E-state index contributed by atoms with van der Waals surface area (Å²) in [7, 11) is 0. The van der Waals surface area contributed by atoms with Crippen molar-refractivity contribution in [2.75, 3.05) is 43.2 Å². The molecule has 0 spiro atoms. The number of morpholine rings is 1. The topological polar surface area (TPSA) is 54.0 Å². The first-order chi connectivity index (χ1) is 14.7. The lowest BCUT2D eigenvalue weighted by Gasteiger charge is -2.39. The Morgan fingerprint density at radius 3 is 2.77 bits per heavy atom. The van der Waals surface area contributed by atoms with Crippen LogP contribution >= 0.6 is 0 Å². The fraction of sp³-hybridized carbons (Fsp3) is 0.348. The Morgan fingerprint density at radius 2 is 1.97 bits per heavy atom. The van der Waals surface area contributed by atoms with Gasteiger partial charge in [-0.2, -0.15) is 0 Å². The first-order valence-electron chi connectivity index (χ1n) is 10.4. The van der Waals surface area contributed by atoms with Crippen LogP contribution in [0.25, 0.3) is 11.3 Å². The number of fused-ring (bicyclic) bond motifs is 2. The van der Waals surface area contributed by atoms with Crippen molar-refractivity contribution in [1.29, 1.82) is 0 Å². The Labute approximate surface area is 174 Å². The minimum atomic E-state index is -0.377. The highest BCUT2D eigenvalue weighted by molar-refractivity contribution is 6.36. The van der Waals surface area contributed by atoms with E-state index in [2.05, 4.69) is 34.4 Å². The van der Waals surface area contributed by atoms with Crippen LogP contribution in [-0.4, -0.2) is 43.8 Å². The van der Waals surface area contributed by atoms with E-state index in [1.165, 1.54) is 12.1 Å². The summed E-state index contributed by atoms with van der Waals surface area (Å²) < 4.78 is 25.3. The van der Waals surface area contributed by atoms with E-state index in [4.69, 9.17) is 9.47 Å². The second-order valence-corrected chi connectivity index (χ2v) is 7.67. The molecule has 0 unspecified atom stereocenters. The number of hydrazine groups is 1. The fourth-order valence-electron chi connectivity index (χ4n) is 4.32. The van der Waals surface area contributed by atoms with Crippen molar-refractivity contribution in [1.82, 2.24) is 5.01 Å². The maximum atomic E-state index is 13.8. The molecule has 7 heteroatoms. The van der Waals surface area contributed by atoms with Gasteiger partial charge in [0.15, 0.2) is 0 Å². The van der Waals surface area contributed by atoms with Gasteiger partial charge in [-0.3, -0.25) is 4.79 Å². The Balaban J connectivity index is 1.52. The van der Waals surface area contributed by atoms with Crippen LogP contribution in [0.1, 0.15) is 30.0 Å². The number of carbonyl (C=O) groups excluding carboxylic acids is 1. The molecule has 2 aromatic rings. The van der Waals surface area contributed by atoms with Gasteiger partial charge in [-0.25, -0.2) is 9.40 Å². The minimum absolute atomic E-state index is 0.261. The Hall–Kier alpha value is -2.90. The van der Waals surface area contributed by atoms with E-state index in [-0.39, 0.29) is 11.7 Å². The zero-order chi connectivity index (χ0) is 20.7. The number of hydrogen-bond acceptors (Lipinski definition) is 5. The molecule has 156 valence electrons. The summed E-state index contributed by atoms with van der Waals surface area (Å²) in [6.45, 7) is 6.68. The summed E-state index contributed by atoms with van der Waals surface area (Å²) in [4.78, 5) is 12.6. The Bertz CT molecular complexity index is 1030. The van der Waals surface area contributed by atoms with E-state index < -0.39 is 0 Å². The van der Waals surface area contributed by atoms with Crippen molar-refractivity contribution >= 4 is 28.6 Å². The molecule has 0 aliphatic carbocycles. The summed E-state index contributed by atoms with van der Waals surface area (Å²) in [6.07, 6.45) is 1.03. The number of nitrogens with zero attached hydrogens (tertiary/aromatic N) is 2. The van der Waals surface area contributed by atoms with Crippen LogP contribution in [0.2, 0.25) is 0 Å². The number of benzene rings is 2. The van der Waals surface area contributed by atoms with Crippen LogP contribution in [0.5, 0.6) is 0 Å². The van der Waals surface area contributed by atoms with E-state index in [0.717, 1.165) is 56.1 Å². The largest absolute Gasteiger partial charge is 0.487 e. The summed E-state index contributed by atoms with van der Waals surface area (Å²) in [5.41, 5.74) is 4.58. The van der Waals surface area contributed by atoms with E-state index >= 15 is 0 Å². The van der Waals surface area contributed by atoms with E-state index in [0.29, 0.717) is 29.2 Å². The smallest absolute Gasteiger partial charge is 0.260 e. The molecule has 3 aliphatic rings. The van der Waals surface area contributed by atoms with Crippen LogP contribution < -0.4 is 10.3 Å². The third-order valence-electron chi connectivity index (χ3n) is 5.72. The van der Waals surface area contributed by atoms with E-state index in [1.54, 1.807) is 6.07 Å².